The summed E-state index contributed by atoms with van der Waals surface area (Å²) < 4.78 is 5.66. The molecular weight excluding hydrogens is 436 g/mol. The van der Waals surface area contributed by atoms with E-state index in [1.165, 1.54) is 0 Å². The first-order valence-corrected chi connectivity index (χ1v) is 11.7. The Hall–Kier alpha value is -3.39. The van der Waals surface area contributed by atoms with E-state index in [9.17, 15) is 19.5 Å². The number of hydrogen-bond acceptors (Lipinski definition) is 5. The number of nitrogens with one attached hydrogen (secondary N) is 2. The minimum Gasteiger partial charge on any atom is -0.480 e. The van der Waals surface area contributed by atoms with Gasteiger partial charge in [0.25, 0.3) is 0 Å². The van der Waals surface area contributed by atoms with Gasteiger partial charge in [-0.15, -0.1) is 0 Å². The molecule has 5 atom stereocenters. The average Bonchev–Trinajstić information content (AvgIpc) is 3.53. The molecule has 3 aliphatic rings. The van der Waals surface area contributed by atoms with E-state index in [-0.39, 0.29) is 24.4 Å². The minimum atomic E-state index is -1.36. The third-order valence-corrected chi connectivity index (χ3v) is 7.64. The molecule has 0 aromatic heterocycles. The molecule has 34 heavy (non-hydrogen) atoms. The van der Waals surface area contributed by atoms with Gasteiger partial charge in [0.15, 0.2) is 0 Å². The lowest BCUT2D eigenvalue weighted by Gasteiger charge is -2.31. The predicted molar refractivity (Wildman–Crippen MR) is 123 cm³/mol. The zero-order valence-electron chi connectivity index (χ0n) is 18.6. The van der Waals surface area contributed by atoms with Gasteiger partial charge in [0, 0.05) is 12.0 Å². The summed E-state index contributed by atoms with van der Waals surface area (Å²) >= 11 is 0. The number of benzene rings is 2. The maximum Gasteiger partial charge on any atom is 0.407 e. The number of fused-ring (bicyclic) bond motifs is 5. The number of amides is 2. The molecule has 8 nitrogen and oxygen atoms in total. The molecule has 2 aromatic rings. The molecule has 0 heterocycles. The van der Waals surface area contributed by atoms with Crippen LogP contribution in [-0.2, 0) is 14.3 Å². The highest BCUT2D eigenvalue weighted by atomic mass is 16.5. The summed E-state index contributed by atoms with van der Waals surface area (Å²) in [5.41, 5.74) is 4.54. The molecule has 0 radical (unpaired) electrons. The molecule has 2 aromatic carbocycles. The van der Waals surface area contributed by atoms with Crippen molar-refractivity contribution in [2.45, 2.75) is 37.3 Å². The number of carboxylic acids is 1. The topological polar surface area (TPSA) is 125 Å². The molecule has 2 saturated carbocycles. The van der Waals surface area contributed by atoms with Crippen LogP contribution in [0.2, 0.25) is 0 Å². The van der Waals surface area contributed by atoms with Crippen LogP contribution < -0.4 is 10.6 Å². The highest BCUT2D eigenvalue weighted by Gasteiger charge is 2.52. The van der Waals surface area contributed by atoms with Gasteiger partial charge in [-0.25, -0.2) is 9.59 Å². The van der Waals surface area contributed by atoms with Gasteiger partial charge in [-0.3, -0.25) is 4.79 Å². The van der Waals surface area contributed by atoms with Crippen molar-refractivity contribution in [3.63, 3.8) is 0 Å². The Bertz CT molecular complexity index is 1070. The Morgan fingerprint density at radius 3 is 2.21 bits per heavy atom. The Morgan fingerprint density at radius 2 is 1.59 bits per heavy atom. The second-order valence-corrected chi connectivity index (χ2v) is 9.44. The van der Waals surface area contributed by atoms with Gasteiger partial charge < -0.3 is 25.6 Å². The number of alkyl carbamates (subject to hydrolysis) is 1. The number of aliphatic hydroxyl groups is 1. The second-order valence-electron chi connectivity index (χ2n) is 9.44. The maximum absolute atomic E-state index is 12.9. The third-order valence-electron chi connectivity index (χ3n) is 7.64. The van der Waals surface area contributed by atoms with Crippen LogP contribution in [0.25, 0.3) is 11.1 Å². The number of rotatable bonds is 7. The van der Waals surface area contributed by atoms with Gasteiger partial charge in [-0.2, -0.15) is 0 Å². The van der Waals surface area contributed by atoms with Crippen molar-refractivity contribution >= 4 is 18.0 Å². The lowest BCUT2D eigenvalue weighted by Crippen LogP contribution is -2.53. The standard InChI is InChI=1S/C26H28N2O6/c29-12-21(25(31)32)27-24(30)22-14-9-10-15(11-14)23(22)28-26(33)34-13-20-18-7-3-1-5-16(18)17-6-2-4-8-19(17)20/h1-8,14-15,20-23,29H,9-13H2,(H,27,30)(H,28,33)(H,31,32)/t14?,15?,21-,22?,23?/m1/s1. The summed E-state index contributed by atoms with van der Waals surface area (Å²) in [4.78, 5) is 36.9. The highest BCUT2D eigenvalue weighted by molar-refractivity contribution is 5.86. The molecular formula is C26H28N2O6. The van der Waals surface area contributed by atoms with Gasteiger partial charge in [0.05, 0.1) is 12.5 Å². The molecule has 0 aliphatic heterocycles. The van der Waals surface area contributed by atoms with Crippen molar-refractivity contribution in [3.05, 3.63) is 59.7 Å². The Labute approximate surface area is 197 Å². The van der Waals surface area contributed by atoms with Gasteiger partial charge in [-0.1, -0.05) is 48.5 Å². The maximum atomic E-state index is 12.9. The van der Waals surface area contributed by atoms with E-state index in [0.29, 0.717) is 0 Å². The van der Waals surface area contributed by atoms with Crippen molar-refractivity contribution in [1.29, 1.82) is 0 Å². The Morgan fingerprint density at radius 1 is 0.971 bits per heavy atom. The van der Waals surface area contributed by atoms with Gasteiger partial charge in [0.2, 0.25) is 5.91 Å². The Kier molecular flexibility index (Phi) is 6.00. The van der Waals surface area contributed by atoms with Crippen LogP contribution in [0.15, 0.2) is 48.5 Å². The summed E-state index contributed by atoms with van der Waals surface area (Å²) in [5, 5.41) is 23.7. The third kappa shape index (κ3) is 3.92. The monoisotopic (exact) mass is 464 g/mol. The number of aliphatic carboxylic acids is 1. The normalized spacial score (nSPS) is 25.3. The van der Waals surface area contributed by atoms with Crippen molar-refractivity contribution in [2.24, 2.45) is 17.8 Å². The van der Waals surface area contributed by atoms with Gasteiger partial charge in [-0.05, 0) is 53.4 Å². The fourth-order valence-corrected chi connectivity index (χ4v) is 6.11. The number of hydrogen-bond donors (Lipinski definition) is 4. The molecule has 5 rings (SSSR count). The van der Waals surface area contributed by atoms with Crippen LogP contribution in [0, 0.1) is 17.8 Å². The zero-order chi connectivity index (χ0) is 23.8. The summed E-state index contributed by atoms with van der Waals surface area (Å²) in [7, 11) is 0. The minimum absolute atomic E-state index is 0.0573. The first-order chi connectivity index (χ1) is 16.5. The molecule has 3 aliphatic carbocycles. The molecule has 4 N–H and O–H groups in total. The van der Waals surface area contributed by atoms with Crippen molar-refractivity contribution < 1.29 is 29.3 Å². The summed E-state index contributed by atoms with van der Waals surface area (Å²) in [6.45, 7) is -0.504. The summed E-state index contributed by atoms with van der Waals surface area (Å²) in [5.74, 6) is -2.10. The van der Waals surface area contributed by atoms with Gasteiger partial charge >= 0.3 is 12.1 Å². The molecule has 178 valence electrons. The fraction of sp³-hybridized carbons (Fsp3) is 0.423. The van der Waals surface area contributed by atoms with Crippen molar-refractivity contribution in [1.82, 2.24) is 10.6 Å². The number of carbonyl (C=O) groups excluding carboxylic acids is 2. The second kappa shape index (κ2) is 9.10. The molecule has 2 bridgehead atoms. The van der Waals surface area contributed by atoms with E-state index in [0.717, 1.165) is 41.5 Å². The SMILES string of the molecule is O=C(NC1C2CCC(C2)C1C(=O)N[C@H](CO)C(=O)O)OCC1c2ccccc2-c2ccccc21. The lowest BCUT2D eigenvalue weighted by molar-refractivity contribution is -0.144. The van der Waals surface area contributed by atoms with E-state index in [4.69, 9.17) is 9.84 Å². The summed E-state index contributed by atoms with van der Waals surface area (Å²) in [6, 6.07) is 14.4. The summed E-state index contributed by atoms with van der Waals surface area (Å²) in [6.07, 6.45) is 2.01. The first-order valence-electron chi connectivity index (χ1n) is 11.7. The van der Waals surface area contributed by atoms with Crippen LogP contribution in [-0.4, -0.2) is 53.5 Å². The van der Waals surface area contributed by atoms with E-state index in [1.54, 1.807) is 0 Å². The van der Waals surface area contributed by atoms with Crippen LogP contribution in [0.5, 0.6) is 0 Å². The predicted octanol–water partition coefficient (Wildman–Crippen LogP) is 2.50. The van der Waals surface area contributed by atoms with Gasteiger partial charge in [0.1, 0.15) is 12.6 Å². The fourth-order valence-electron chi connectivity index (χ4n) is 6.11. The molecule has 2 fully saturated rings. The number of ether oxygens (including phenoxy) is 1. The van der Waals surface area contributed by atoms with E-state index in [2.05, 4.69) is 34.9 Å². The quantitative estimate of drug-likeness (QED) is 0.499. The van der Waals surface area contributed by atoms with Crippen molar-refractivity contribution in [3.8, 4) is 11.1 Å². The smallest absolute Gasteiger partial charge is 0.407 e. The highest BCUT2D eigenvalue weighted by Crippen LogP contribution is 2.49. The van der Waals surface area contributed by atoms with Crippen LogP contribution in [0.3, 0.4) is 0 Å². The largest absolute Gasteiger partial charge is 0.480 e. The molecule has 4 unspecified atom stereocenters. The number of carbonyl (C=O) groups is 3. The Balaban J connectivity index is 1.25. The first kappa shape index (κ1) is 22.4. The molecule has 0 spiro atoms. The van der Waals surface area contributed by atoms with Crippen LogP contribution in [0.4, 0.5) is 4.79 Å². The number of aliphatic hydroxyl groups excluding tert-OH is 1. The molecule has 0 saturated heterocycles. The average molecular weight is 465 g/mol. The van der Waals surface area contributed by atoms with E-state index >= 15 is 0 Å². The molecule has 2 amide bonds. The van der Waals surface area contributed by atoms with Crippen molar-refractivity contribution in [2.75, 3.05) is 13.2 Å². The van der Waals surface area contributed by atoms with Crippen LogP contribution in [0.1, 0.15) is 36.3 Å². The number of carboxylic acid groups (broad SMARTS) is 1. The zero-order valence-corrected chi connectivity index (χ0v) is 18.6. The molecule has 8 heteroatoms. The lowest BCUT2D eigenvalue weighted by atomic mass is 9.83. The van der Waals surface area contributed by atoms with E-state index in [1.807, 2.05) is 24.3 Å². The van der Waals surface area contributed by atoms with Crippen LogP contribution >= 0.6 is 0 Å². The van der Waals surface area contributed by atoms with E-state index < -0.39 is 42.6 Å².